The second kappa shape index (κ2) is 4.54. The van der Waals surface area contributed by atoms with E-state index in [9.17, 15) is 0 Å². The van der Waals surface area contributed by atoms with Crippen LogP contribution in [0.3, 0.4) is 0 Å². The number of anilines is 1. The first-order chi connectivity index (χ1) is 10.2. The molecule has 0 saturated carbocycles. The lowest BCUT2D eigenvalue weighted by Gasteiger charge is -2.23. The van der Waals surface area contributed by atoms with Crippen LogP contribution in [0.15, 0.2) is 18.5 Å². The van der Waals surface area contributed by atoms with Crippen LogP contribution in [0.25, 0.3) is 5.52 Å². The summed E-state index contributed by atoms with van der Waals surface area (Å²) in [5, 5.41) is 12.4. The summed E-state index contributed by atoms with van der Waals surface area (Å²) in [4.78, 5) is 9.02. The minimum absolute atomic E-state index is 0.147. The molecule has 1 aliphatic heterocycles. The topological polar surface area (TPSA) is 72.9 Å². The maximum absolute atomic E-state index is 4.55. The summed E-state index contributed by atoms with van der Waals surface area (Å²) in [5.74, 6) is 2.67. The normalized spacial score (nSPS) is 17.9. The molecule has 108 valence electrons. The molecule has 7 heteroatoms. The van der Waals surface area contributed by atoms with Crippen LogP contribution in [-0.4, -0.2) is 29.4 Å². The van der Waals surface area contributed by atoms with Gasteiger partial charge in [0.1, 0.15) is 17.2 Å². The Morgan fingerprint density at radius 2 is 2.19 bits per heavy atom. The lowest BCUT2D eigenvalue weighted by Crippen LogP contribution is -2.23. The number of hydrogen-bond acceptors (Lipinski definition) is 5. The van der Waals surface area contributed by atoms with Gasteiger partial charge in [0.2, 0.25) is 0 Å². The van der Waals surface area contributed by atoms with Gasteiger partial charge in [-0.05, 0) is 32.8 Å². The Labute approximate surface area is 122 Å². The molecule has 0 bridgehead atoms. The van der Waals surface area contributed by atoms with Crippen molar-refractivity contribution in [3.05, 3.63) is 35.8 Å². The molecule has 0 aromatic carbocycles. The zero-order valence-electron chi connectivity index (χ0n) is 12.1. The summed E-state index contributed by atoms with van der Waals surface area (Å²) in [6, 6.07) is 2.18. The van der Waals surface area contributed by atoms with Crippen molar-refractivity contribution in [3.63, 3.8) is 0 Å². The van der Waals surface area contributed by atoms with Gasteiger partial charge in [-0.3, -0.25) is 0 Å². The van der Waals surface area contributed by atoms with Crippen molar-refractivity contribution < 1.29 is 0 Å². The minimum atomic E-state index is 0.147. The van der Waals surface area contributed by atoms with Gasteiger partial charge in [-0.1, -0.05) is 0 Å². The van der Waals surface area contributed by atoms with Crippen LogP contribution in [-0.2, 0) is 6.54 Å². The molecule has 3 aromatic heterocycles. The zero-order chi connectivity index (χ0) is 14.4. The van der Waals surface area contributed by atoms with Crippen molar-refractivity contribution in [1.82, 2.24) is 29.4 Å². The number of nitrogens with zero attached hydrogens (tertiary/aromatic N) is 6. The maximum atomic E-state index is 4.55. The first kappa shape index (κ1) is 12.3. The van der Waals surface area contributed by atoms with E-state index in [1.165, 1.54) is 0 Å². The van der Waals surface area contributed by atoms with E-state index >= 15 is 0 Å². The Kier molecular flexibility index (Phi) is 2.66. The average Bonchev–Trinajstić information content (AvgIpc) is 3.01. The van der Waals surface area contributed by atoms with E-state index in [0.717, 1.165) is 48.1 Å². The highest BCUT2D eigenvalue weighted by molar-refractivity contribution is 5.68. The summed E-state index contributed by atoms with van der Waals surface area (Å²) in [7, 11) is 0. The molecule has 0 aliphatic carbocycles. The second-order valence-electron chi connectivity index (χ2n) is 5.47. The van der Waals surface area contributed by atoms with E-state index in [0.29, 0.717) is 0 Å². The highest BCUT2D eigenvalue weighted by Crippen LogP contribution is 2.28. The summed E-state index contributed by atoms with van der Waals surface area (Å²) in [5.41, 5.74) is 1.97. The molecule has 1 aliphatic rings. The molecule has 0 radical (unpaired) electrons. The first-order valence-corrected chi connectivity index (χ1v) is 7.19. The van der Waals surface area contributed by atoms with Gasteiger partial charge in [-0.2, -0.15) is 10.2 Å². The van der Waals surface area contributed by atoms with Crippen LogP contribution in [0.1, 0.15) is 36.2 Å². The molecule has 4 heterocycles. The third kappa shape index (κ3) is 2.05. The van der Waals surface area contributed by atoms with Crippen molar-refractivity contribution in [2.24, 2.45) is 0 Å². The Morgan fingerprint density at radius 1 is 1.29 bits per heavy atom. The van der Waals surface area contributed by atoms with Gasteiger partial charge >= 0.3 is 0 Å². The third-order valence-electron chi connectivity index (χ3n) is 3.80. The molecule has 1 atom stereocenters. The highest BCUT2D eigenvalue weighted by Gasteiger charge is 2.24. The molecule has 0 saturated heterocycles. The maximum Gasteiger partial charge on any atom is 0.152 e. The Balaban J connectivity index is 1.72. The molecule has 1 unspecified atom stereocenters. The molecule has 1 N–H and O–H groups in total. The molecule has 0 fully saturated rings. The van der Waals surface area contributed by atoms with Crippen molar-refractivity contribution in [2.45, 2.75) is 39.3 Å². The quantitative estimate of drug-likeness (QED) is 0.777. The smallest absolute Gasteiger partial charge is 0.152 e. The van der Waals surface area contributed by atoms with Crippen molar-refractivity contribution >= 4 is 11.3 Å². The summed E-state index contributed by atoms with van der Waals surface area (Å²) >= 11 is 0. The van der Waals surface area contributed by atoms with E-state index < -0.39 is 0 Å². The highest BCUT2D eigenvalue weighted by atomic mass is 15.4. The predicted octanol–water partition coefficient (Wildman–Crippen LogP) is 1.88. The van der Waals surface area contributed by atoms with E-state index in [-0.39, 0.29) is 6.04 Å². The fourth-order valence-electron chi connectivity index (χ4n) is 2.93. The van der Waals surface area contributed by atoms with Crippen molar-refractivity contribution in [1.29, 1.82) is 0 Å². The van der Waals surface area contributed by atoms with Crippen molar-refractivity contribution in [3.8, 4) is 0 Å². The lowest BCUT2D eigenvalue weighted by atomic mass is 10.1. The van der Waals surface area contributed by atoms with Crippen LogP contribution in [0.5, 0.6) is 0 Å². The molecule has 3 aromatic rings. The first-order valence-electron chi connectivity index (χ1n) is 7.19. The Hall–Kier alpha value is -2.44. The van der Waals surface area contributed by atoms with Crippen LogP contribution >= 0.6 is 0 Å². The van der Waals surface area contributed by atoms with Gasteiger partial charge in [0.05, 0.1) is 11.7 Å². The summed E-state index contributed by atoms with van der Waals surface area (Å²) in [6.07, 6.45) is 5.75. The number of rotatable bonds is 2. The second-order valence-corrected chi connectivity index (χ2v) is 5.47. The van der Waals surface area contributed by atoms with Crippen LogP contribution in [0.2, 0.25) is 0 Å². The fourth-order valence-corrected chi connectivity index (χ4v) is 2.93. The van der Waals surface area contributed by atoms with Gasteiger partial charge in [-0.25, -0.2) is 19.2 Å². The van der Waals surface area contributed by atoms with Crippen LogP contribution in [0, 0.1) is 13.8 Å². The molecular formula is C14H17N7. The number of aryl methyl sites for hydroxylation is 3. The average molecular weight is 283 g/mol. The number of nitrogens with one attached hydrogen (secondary N) is 1. The predicted molar refractivity (Wildman–Crippen MR) is 78.1 cm³/mol. The molecule has 0 amide bonds. The monoisotopic (exact) mass is 283 g/mol. The lowest BCUT2D eigenvalue weighted by molar-refractivity contribution is 0.437. The Morgan fingerprint density at radius 3 is 3.10 bits per heavy atom. The van der Waals surface area contributed by atoms with Gasteiger partial charge in [-0.15, -0.1) is 0 Å². The molecule has 0 spiro atoms. The minimum Gasteiger partial charge on any atom is -0.358 e. The summed E-state index contributed by atoms with van der Waals surface area (Å²) < 4.78 is 3.85. The van der Waals surface area contributed by atoms with Gasteiger partial charge in [0, 0.05) is 18.9 Å². The zero-order valence-corrected chi connectivity index (χ0v) is 12.1. The van der Waals surface area contributed by atoms with E-state index in [1.807, 2.05) is 35.3 Å². The molecule has 4 rings (SSSR count). The Bertz CT molecular complexity index is 801. The van der Waals surface area contributed by atoms with Crippen LogP contribution in [0.4, 0.5) is 5.82 Å². The fraction of sp³-hybridized carbons (Fsp3) is 0.429. The van der Waals surface area contributed by atoms with Gasteiger partial charge in [0.25, 0.3) is 0 Å². The largest absolute Gasteiger partial charge is 0.358 e. The summed E-state index contributed by atoms with van der Waals surface area (Å²) in [6.45, 7) is 4.86. The van der Waals surface area contributed by atoms with E-state index in [4.69, 9.17) is 0 Å². The SMILES string of the molecule is Cc1cc2c(NC3CCCn4nc(C)nc43)nccn2n1. The molecule has 21 heavy (non-hydrogen) atoms. The molecular weight excluding hydrogens is 266 g/mol. The van der Waals surface area contributed by atoms with Crippen LogP contribution < -0.4 is 5.32 Å². The standard InChI is InChI=1S/C14H17N7/c1-9-8-12-13(15-5-7-20(12)18-9)17-11-4-3-6-21-14(11)16-10(2)19-21/h5,7-8,11H,3-4,6H2,1-2H3,(H,15,17). The number of aromatic nitrogens is 6. The van der Waals surface area contributed by atoms with Gasteiger partial charge in [0.15, 0.2) is 5.82 Å². The molecule has 7 nitrogen and oxygen atoms in total. The van der Waals surface area contributed by atoms with Gasteiger partial charge < -0.3 is 5.32 Å². The number of fused-ring (bicyclic) bond motifs is 2. The van der Waals surface area contributed by atoms with E-state index in [1.54, 1.807) is 6.20 Å². The third-order valence-corrected chi connectivity index (χ3v) is 3.80. The number of hydrogen-bond donors (Lipinski definition) is 1. The van der Waals surface area contributed by atoms with Crippen molar-refractivity contribution in [2.75, 3.05) is 5.32 Å². The van der Waals surface area contributed by atoms with E-state index in [2.05, 4.69) is 25.5 Å².